The van der Waals surface area contributed by atoms with Gasteiger partial charge in [-0.15, -0.1) is 0 Å². The number of nitrogens with one attached hydrogen (secondary N) is 2. The van der Waals surface area contributed by atoms with Crippen molar-refractivity contribution in [3.63, 3.8) is 0 Å². The molecule has 0 heterocycles. The van der Waals surface area contributed by atoms with E-state index in [0.29, 0.717) is 13.1 Å². The molecule has 2 aromatic rings. The first-order valence-electron chi connectivity index (χ1n) is 8.34. The van der Waals surface area contributed by atoms with Crippen molar-refractivity contribution in [2.75, 3.05) is 13.7 Å². The Morgan fingerprint density at radius 3 is 2.08 bits per heavy atom. The quantitative estimate of drug-likeness (QED) is 0.814. The summed E-state index contributed by atoms with van der Waals surface area (Å²) < 4.78 is 5.69. The monoisotopic (exact) mass is 338 g/mol. The third kappa shape index (κ3) is 4.06. The molecule has 25 heavy (non-hydrogen) atoms. The Hall–Kier alpha value is -2.66. The van der Waals surface area contributed by atoms with E-state index in [1.54, 1.807) is 7.11 Å². The Kier molecular flexibility index (Phi) is 5.14. The van der Waals surface area contributed by atoms with Crippen LogP contribution in [0, 0.1) is 0 Å². The molecule has 130 valence electrons. The number of fused-ring (bicyclic) bond motifs is 1. The summed E-state index contributed by atoms with van der Waals surface area (Å²) in [6.45, 7) is 0.629. The van der Waals surface area contributed by atoms with E-state index in [1.807, 2.05) is 42.5 Å². The van der Waals surface area contributed by atoms with E-state index >= 15 is 0 Å². The molecule has 5 nitrogen and oxygen atoms in total. The number of carbonyl (C=O) groups is 2. The molecule has 0 spiro atoms. The van der Waals surface area contributed by atoms with E-state index in [4.69, 9.17) is 4.74 Å². The Morgan fingerprint density at radius 1 is 0.920 bits per heavy atom. The molecule has 2 amide bonds. The van der Waals surface area contributed by atoms with Crippen molar-refractivity contribution in [2.24, 2.45) is 0 Å². The van der Waals surface area contributed by atoms with Crippen molar-refractivity contribution in [3.05, 3.63) is 71.3 Å². The first kappa shape index (κ1) is 17.2. The van der Waals surface area contributed by atoms with Gasteiger partial charge in [-0.2, -0.15) is 0 Å². The van der Waals surface area contributed by atoms with E-state index < -0.39 is 17.4 Å². The molecule has 0 aliphatic heterocycles. The van der Waals surface area contributed by atoms with E-state index in [1.165, 1.54) is 11.1 Å². The third-order valence-corrected chi connectivity index (χ3v) is 4.65. The number of amides is 2. The number of hydrogen-bond acceptors (Lipinski definition) is 3. The zero-order chi connectivity index (χ0) is 17.7. The van der Waals surface area contributed by atoms with E-state index in [2.05, 4.69) is 22.8 Å². The summed E-state index contributed by atoms with van der Waals surface area (Å²) in [6.07, 6.45) is 1.46. The molecule has 0 aromatic heterocycles. The summed E-state index contributed by atoms with van der Waals surface area (Å²) in [5.41, 5.74) is 2.92. The van der Waals surface area contributed by atoms with Gasteiger partial charge in [0.2, 0.25) is 0 Å². The summed E-state index contributed by atoms with van der Waals surface area (Å²) in [5, 5.41) is 5.34. The van der Waals surface area contributed by atoms with Crippen LogP contribution in [0.3, 0.4) is 0 Å². The molecule has 0 saturated carbocycles. The SMILES string of the molecule is COC1(CNC(=O)C(=O)NCc2ccccc2)Cc2ccccc2C1. The molecule has 2 N–H and O–H groups in total. The van der Waals surface area contributed by atoms with Crippen LogP contribution in [-0.2, 0) is 33.7 Å². The van der Waals surface area contributed by atoms with Crippen molar-refractivity contribution < 1.29 is 14.3 Å². The second-order valence-electron chi connectivity index (χ2n) is 6.36. The largest absolute Gasteiger partial charge is 0.376 e. The van der Waals surface area contributed by atoms with Crippen molar-refractivity contribution in [1.29, 1.82) is 0 Å². The lowest BCUT2D eigenvalue weighted by Crippen LogP contribution is -2.49. The van der Waals surface area contributed by atoms with Gasteiger partial charge < -0.3 is 15.4 Å². The molecule has 2 aromatic carbocycles. The van der Waals surface area contributed by atoms with E-state index in [0.717, 1.165) is 18.4 Å². The average Bonchev–Trinajstić information content (AvgIpc) is 3.04. The zero-order valence-electron chi connectivity index (χ0n) is 14.2. The van der Waals surface area contributed by atoms with Gasteiger partial charge in [0, 0.05) is 33.0 Å². The lowest BCUT2D eigenvalue weighted by atomic mass is 10.00. The van der Waals surface area contributed by atoms with Crippen LogP contribution >= 0.6 is 0 Å². The summed E-state index contributed by atoms with van der Waals surface area (Å²) in [5.74, 6) is -1.27. The molecule has 5 heteroatoms. The maximum atomic E-state index is 12.1. The van der Waals surface area contributed by atoms with Gasteiger partial charge in [0.15, 0.2) is 0 Å². The fraction of sp³-hybridized carbons (Fsp3) is 0.300. The lowest BCUT2D eigenvalue weighted by Gasteiger charge is -2.27. The molecule has 1 aliphatic carbocycles. The van der Waals surface area contributed by atoms with Crippen LogP contribution in [0.25, 0.3) is 0 Å². The number of methoxy groups -OCH3 is 1. The van der Waals surface area contributed by atoms with Crippen LogP contribution in [0.4, 0.5) is 0 Å². The number of carbonyl (C=O) groups excluding carboxylic acids is 2. The van der Waals surface area contributed by atoms with E-state index in [9.17, 15) is 9.59 Å². The second-order valence-corrected chi connectivity index (χ2v) is 6.36. The summed E-state index contributed by atoms with van der Waals surface area (Å²) in [6, 6.07) is 17.6. The molecule has 0 radical (unpaired) electrons. The first-order chi connectivity index (χ1) is 12.1. The smallest absolute Gasteiger partial charge is 0.309 e. The van der Waals surface area contributed by atoms with Crippen molar-refractivity contribution in [1.82, 2.24) is 10.6 Å². The predicted molar refractivity (Wildman–Crippen MR) is 94.9 cm³/mol. The van der Waals surface area contributed by atoms with Crippen molar-refractivity contribution in [2.45, 2.75) is 25.0 Å². The van der Waals surface area contributed by atoms with Gasteiger partial charge in [-0.3, -0.25) is 9.59 Å². The highest BCUT2D eigenvalue weighted by atomic mass is 16.5. The Bertz CT molecular complexity index is 734. The number of ether oxygens (including phenoxy) is 1. The van der Waals surface area contributed by atoms with Crippen LogP contribution in [0.15, 0.2) is 54.6 Å². The first-order valence-corrected chi connectivity index (χ1v) is 8.34. The fourth-order valence-electron chi connectivity index (χ4n) is 3.18. The summed E-state index contributed by atoms with van der Waals surface area (Å²) >= 11 is 0. The van der Waals surface area contributed by atoms with Crippen molar-refractivity contribution >= 4 is 11.8 Å². The number of hydrogen-bond donors (Lipinski definition) is 2. The summed E-state index contributed by atoms with van der Waals surface area (Å²) in [7, 11) is 1.65. The molecule has 0 fully saturated rings. The Morgan fingerprint density at radius 2 is 1.48 bits per heavy atom. The van der Waals surface area contributed by atoms with Gasteiger partial charge in [0.25, 0.3) is 0 Å². The highest BCUT2D eigenvalue weighted by molar-refractivity contribution is 6.35. The lowest BCUT2D eigenvalue weighted by molar-refractivity contribution is -0.140. The molecule has 0 unspecified atom stereocenters. The van der Waals surface area contributed by atoms with Gasteiger partial charge in [0.1, 0.15) is 0 Å². The highest BCUT2D eigenvalue weighted by Crippen LogP contribution is 2.31. The van der Waals surface area contributed by atoms with Crippen LogP contribution < -0.4 is 10.6 Å². The maximum absolute atomic E-state index is 12.1. The predicted octanol–water partition coefficient (Wildman–Crippen LogP) is 1.60. The zero-order valence-corrected chi connectivity index (χ0v) is 14.2. The maximum Gasteiger partial charge on any atom is 0.309 e. The van der Waals surface area contributed by atoms with Crippen molar-refractivity contribution in [3.8, 4) is 0 Å². The topological polar surface area (TPSA) is 67.4 Å². The molecule has 0 bridgehead atoms. The third-order valence-electron chi connectivity index (χ3n) is 4.65. The molecule has 3 rings (SSSR count). The Balaban J connectivity index is 1.52. The molecular weight excluding hydrogens is 316 g/mol. The van der Waals surface area contributed by atoms with Crippen LogP contribution in [0.5, 0.6) is 0 Å². The van der Waals surface area contributed by atoms with Crippen LogP contribution in [-0.4, -0.2) is 31.1 Å². The minimum absolute atomic E-state index is 0.301. The minimum Gasteiger partial charge on any atom is -0.376 e. The van der Waals surface area contributed by atoms with Gasteiger partial charge in [-0.25, -0.2) is 0 Å². The van der Waals surface area contributed by atoms with Gasteiger partial charge in [-0.1, -0.05) is 54.6 Å². The summed E-state index contributed by atoms with van der Waals surface area (Å²) in [4.78, 5) is 24.0. The molecule has 0 atom stereocenters. The van der Waals surface area contributed by atoms with Gasteiger partial charge >= 0.3 is 11.8 Å². The van der Waals surface area contributed by atoms with Gasteiger partial charge in [0.05, 0.1) is 5.60 Å². The average molecular weight is 338 g/mol. The number of rotatable bonds is 5. The standard InChI is InChI=1S/C20H22N2O3/c1-25-20(11-16-9-5-6-10-17(16)12-20)14-22-19(24)18(23)21-13-15-7-3-2-4-8-15/h2-10H,11-14H2,1H3,(H,21,23)(H,22,24). The molecule has 0 saturated heterocycles. The highest BCUT2D eigenvalue weighted by Gasteiger charge is 2.37. The fourth-order valence-corrected chi connectivity index (χ4v) is 3.18. The molecule has 1 aliphatic rings. The Labute approximate surface area is 147 Å². The normalized spacial score (nSPS) is 14.6. The van der Waals surface area contributed by atoms with Crippen LogP contribution in [0.2, 0.25) is 0 Å². The van der Waals surface area contributed by atoms with E-state index in [-0.39, 0.29) is 0 Å². The second kappa shape index (κ2) is 7.49. The minimum atomic E-state index is -0.636. The number of benzene rings is 2. The van der Waals surface area contributed by atoms with Gasteiger partial charge in [-0.05, 0) is 16.7 Å². The molecular formula is C20H22N2O3. The van der Waals surface area contributed by atoms with Crippen LogP contribution in [0.1, 0.15) is 16.7 Å².